The van der Waals surface area contributed by atoms with E-state index in [1.807, 2.05) is 6.08 Å². The van der Waals surface area contributed by atoms with Crippen LogP contribution in [0.1, 0.15) is 40.5 Å². The summed E-state index contributed by atoms with van der Waals surface area (Å²) in [7, 11) is 0. The lowest BCUT2D eigenvalue weighted by Crippen LogP contribution is -2.12. The highest BCUT2D eigenvalue weighted by Crippen LogP contribution is 2.32. The highest BCUT2D eigenvalue weighted by Gasteiger charge is 2.19. The van der Waals surface area contributed by atoms with Gasteiger partial charge < -0.3 is 0 Å². The van der Waals surface area contributed by atoms with Crippen LogP contribution >= 0.6 is 0 Å². The monoisotopic (exact) mass is 178 g/mol. The Morgan fingerprint density at radius 2 is 2.00 bits per heavy atom. The normalized spacial score (nSPS) is 13.7. The molecule has 0 aromatic heterocycles. The van der Waals surface area contributed by atoms with Crippen molar-refractivity contribution < 1.29 is 0 Å². The Hall–Kier alpha value is -0.780. The molecule has 0 aromatic carbocycles. The van der Waals surface area contributed by atoms with Crippen molar-refractivity contribution in [2.75, 3.05) is 0 Å². The van der Waals surface area contributed by atoms with Gasteiger partial charge in [0.25, 0.3) is 0 Å². The maximum atomic E-state index is 3.75. The number of allylic oxidation sites excluding steroid dienone is 5. The molecule has 0 bridgehead atoms. The summed E-state index contributed by atoms with van der Waals surface area (Å²) in [6.07, 6.45) is 10.7. The van der Waals surface area contributed by atoms with Crippen molar-refractivity contribution >= 4 is 0 Å². The van der Waals surface area contributed by atoms with Crippen molar-refractivity contribution in [1.82, 2.24) is 0 Å². The van der Waals surface area contributed by atoms with Gasteiger partial charge in [-0.15, -0.1) is 0 Å². The van der Waals surface area contributed by atoms with Gasteiger partial charge in [-0.1, -0.05) is 58.1 Å². The van der Waals surface area contributed by atoms with E-state index in [9.17, 15) is 0 Å². The van der Waals surface area contributed by atoms with Crippen LogP contribution in [0.15, 0.2) is 36.5 Å². The van der Waals surface area contributed by atoms with Crippen LogP contribution in [0, 0.1) is 5.41 Å². The summed E-state index contributed by atoms with van der Waals surface area (Å²) in [5, 5.41) is 0. The lowest BCUT2D eigenvalue weighted by molar-refractivity contribution is 0.412. The molecule has 0 heterocycles. The van der Waals surface area contributed by atoms with Gasteiger partial charge in [-0.3, -0.25) is 0 Å². The molecule has 0 aliphatic rings. The third kappa shape index (κ3) is 4.12. The molecule has 0 heteroatoms. The summed E-state index contributed by atoms with van der Waals surface area (Å²) >= 11 is 0. The van der Waals surface area contributed by atoms with Gasteiger partial charge >= 0.3 is 0 Å². The van der Waals surface area contributed by atoms with E-state index in [-0.39, 0.29) is 5.41 Å². The largest absolute Gasteiger partial charge is 0.0991 e. The minimum Gasteiger partial charge on any atom is -0.0991 e. The Morgan fingerprint density at radius 1 is 1.38 bits per heavy atom. The third-order valence-electron chi connectivity index (χ3n) is 2.30. The van der Waals surface area contributed by atoms with Crippen molar-refractivity contribution in [1.29, 1.82) is 0 Å². The number of hydrogen-bond donors (Lipinski definition) is 0. The van der Waals surface area contributed by atoms with E-state index in [0.717, 1.165) is 0 Å². The first-order valence-corrected chi connectivity index (χ1v) is 5.04. The van der Waals surface area contributed by atoms with Gasteiger partial charge in [0.1, 0.15) is 0 Å². The molecule has 0 saturated carbocycles. The van der Waals surface area contributed by atoms with Crippen molar-refractivity contribution in [2.24, 2.45) is 5.41 Å². The van der Waals surface area contributed by atoms with E-state index >= 15 is 0 Å². The Labute approximate surface area is 83.0 Å². The van der Waals surface area contributed by atoms with Crippen molar-refractivity contribution in [3.63, 3.8) is 0 Å². The minimum atomic E-state index is 0.273. The molecule has 0 spiro atoms. The maximum absolute atomic E-state index is 3.75. The second-order valence-corrected chi connectivity index (χ2v) is 3.99. The maximum Gasteiger partial charge on any atom is -0.0104 e. The molecule has 0 rings (SSSR count). The molecule has 0 nitrogen and oxygen atoms in total. The first-order chi connectivity index (χ1) is 6.08. The predicted molar refractivity (Wildman–Crippen MR) is 61.8 cm³/mol. The quantitative estimate of drug-likeness (QED) is 0.544. The smallest absolute Gasteiger partial charge is 0.0104 e. The molecular weight excluding hydrogens is 156 g/mol. The fraction of sp³-hybridized carbons (Fsp3) is 0.538. The molecule has 0 saturated heterocycles. The fourth-order valence-corrected chi connectivity index (χ4v) is 1.58. The molecule has 0 radical (unpaired) electrons. The van der Waals surface area contributed by atoms with Crippen LogP contribution in [-0.4, -0.2) is 0 Å². The second kappa shape index (κ2) is 5.80. The Bertz CT molecular complexity index is 204. The topological polar surface area (TPSA) is 0 Å². The summed E-state index contributed by atoms with van der Waals surface area (Å²) in [5.41, 5.74) is 1.64. The molecule has 0 N–H and O–H groups in total. The SMILES string of the molecule is C=C/C=C(\C=C/C)C(C)(C)CCC. The summed E-state index contributed by atoms with van der Waals surface area (Å²) in [6, 6.07) is 0. The van der Waals surface area contributed by atoms with Crippen molar-refractivity contribution in [3.8, 4) is 0 Å². The van der Waals surface area contributed by atoms with Gasteiger partial charge in [-0.05, 0) is 24.3 Å². The van der Waals surface area contributed by atoms with Crippen LogP contribution in [-0.2, 0) is 0 Å². The highest BCUT2D eigenvalue weighted by atomic mass is 14.2. The lowest BCUT2D eigenvalue weighted by atomic mass is 9.80. The van der Waals surface area contributed by atoms with Crippen LogP contribution in [0.4, 0.5) is 0 Å². The van der Waals surface area contributed by atoms with E-state index in [2.05, 4.69) is 52.5 Å². The molecule has 0 fully saturated rings. The Balaban J connectivity index is 4.71. The molecule has 13 heavy (non-hydrogen) atoms. The van der Waals surface area contributed by atoms with Gasteiger partial charge in [0.15, 0.2) is 0 Å². The van der Waals surface area contributed by atoms with Crippen LogP contribution in [0.5, 0.6) is 0 Å². The van der Waals surface area contributed by atoms with Gasteiger partial charge in [0.2, 0.25) is 0 Å². The Kier molecular flexibility index (Phi) is 5.45. The first-order valence-electron chi connectivity index (χ1n) is 5.04. The van der Waals surface area contributed by atoms with Crippen molar-refractivity contribution in [2.45, 2.75) is 40.5 Å². The van der Waals surface area contributed by atoms with Gasteiger partial charge in [-0.25, -0.2) is 0 Å². The number of hydrogen-bond acceptors (Lipinski definition) is 0. The summed E-state index contributed by atoms with van der Waals surface area (Å²) in [4.78, 5) is 0. The molecule has 0 amide bonds. The van der Waals surface area contributed by atoms with Crippen LogP contribution in [0.3, 0.4) is 0 Å². The predicted octanol–water partition coefficient (Wildman–Crippen LogP) is 4.50. The molecule has 0 atom stereocenters. The first kappa shape index (κ1) is 12.2. The summed E-state index contributed by atoms with van der Waals surface area (Å²) in [5.74, 6) is 0. The third-order valence-corrected chi connectivity index (χ3v) is 2.30. The van der Waals surface area contributed by atoms with Gasteiger partial charge in [0, 0.05) is 0 Å². The van der Waals surface area contributed by atoms with E-state index in [4.69, 9.17) is 0 Å². The number of rotatable bonds is 5. The standard InChI is InChI=1S/C13H22/c1-6-9-12(10-7-2)13(4,5)11-8-3/h6-7,9-10H,1,8,11H2,2-5H3/b10-7-,12-9+. The lowest BCUT2D eigenvalue weighted by Gasteiger charge is -2.25. The molecule has 0 unspecified atom stereocenters. The average molecular weight is 178 g/mol. The summed E-state index contributed by atoms with van der Waals surface area (Å²) < 4.78 is 0. The molecule has 0 aliphatic heterocycles. The van der Waals surface area contributed by atoms with Crippen LogP contribution < -0.4 is 0 Å². The average Bonchev–Trinajstić information content (AvgIpc) is 2.04. The molecule has 0 aromatic rings. The highest BCUT2D eigenvalue weighted by molar-refractivity contribution is 5.28. The zero-order valence-corrected chi connectivity index (χ0v) is 9.43. The van der Waals surface area contributed by atoms with E-state index in [1.54, 1.807) is 0 Å². The minimum absolute atomic E-state index is 0.273. The summed E-state index contributed by atoms with van der Waals surface area (Å²) in [6.45, 7) is 12.6. The molecule has 0 aliphatic carbocycles. The Morgan fingerprint density at radius 3 is 2.38 bits per heavy atom. The van der Waals surface area contributed by atoms with Crippen molar-refractivity contribution in [3.05, 3.63) is 36.5 Å². The van der Waals surface area contributed by atoms with Gasteiger partial charge in [-0.2, -0.15) is 0 Å². The second-order valence-electron chi connectivity index (χ2n) is 3.99. The molecule has 74 valence electrons. The zero-order valence-electron chi connectivity index (χ0n) is 9.43. The van der Waals surface area contributed by atoms with E-state index in [1.165, 1.54) is 18.4 Å². The van der Waals surface area contributed by atoms with E-state index < -0.39 is 0 Å². The molecular formula is C13H22. The van der Waals surface area contributed by atoms with Crippen LogP contribution in [0.2, 0.25) is 0 Å². The van der Waals surface area contributed by atoms with Crippen LogP contribution in [0.25, 0.3) is 0 Å². The van der Waals surface area contributed by atoms with E-state index in [0.29, 0.717) is 0 Å². The fourth-order valence-electron chi connectivity index (χ4n) is 1.58. The van der Waals surface area contributed by atoms with Gasteiger partial charge in [0.05, 0.1) is 0 Å². The zero-order chi connectivity index (χ0) is 10.3.